The highest BCUT2D eigenvalue weighted by molar-refractivity contribution is 5.39. The van der Waals surface area contributed by atoms with Crippen LogP contribution in [0.3, 0.4) is 0 Å². The SMILES string of the molecule is COc1ccc2c(c1)C(O)C(N(C)C1CCOCC1)CC2. The fourth-order valence-electron chi connectivity index (χ4n) is 3.66. The number of hydrogen-bond donors (Lipinski definition) is 1. The molecular weight excluding hydrogens is 266 g/mol. The maximum atomic E-state index is 10.8. The largest absolute Gasteiger partial charge is 0.497 e. The molecule has 0 amide bonds. The molecular formula is C17H25NO3. The molecule has 1 aliphatic heterocycles. The number of rotatable bonds is 3. The Labute approximate surface area is 126 Å². The van der Waals surface area contributed by atoms with Gasteiger partial charge in [-0.05, 0) is 56.0 Å². The van der Waals surface area contributed by atoms with Gasteiger partial charge in [-0.1, -0.05) is 6.07 Å². The van der Waals surface area contributed by atoms with Crippen molar-refractivity contribution in [2.24, 2.45) is 0 Å². The fourth-order valence-corrected chi connectivity index (χ4v) is 3.66. The zero-order valence-corrected chi connectivity index (χ0v) is 12.9. The van der Waals surface area contributed by atoms with Crippen LogP contribution in [0.2, 0.25) is 0 Å². The lowest BCUT2D eigenvalue weighted by Crippen LogP contribution is -2.47. The number of fused-ring (bicyclic) bond motifs is 1. The van der Waals surface area contributed by atoms with Gasteiger partial charge in [0, 0.05) is 25.3 Å². The van der Waals surface area contributed by atoms with E-state index in [9.17, 15) is 5.11 Å². The lowest BCUT2D eigenvalue weighted by atomic mass is 9.84. The van der Waals surface area contributed by atoms with Gasteiger partial charge in [0.2, 0.25) is 0 Å². The van der Waals surface area contributed by atoms with Crippen LogP contribution in [-0.2, 0) is 11.2 Å². The molecule has 2 unspecified atom stereocenters. The Balaban J connectivity index is 1.78. The Morgan fingerprint density at radius 1 is 1.24 bits per heavy atom. The average molecular weight is 291 g/mol. The summed E-state index contributed by atoms with van der Waals surface area (Å²) >= 11 is 0. The molecule has 2 aliphatic rings. The lowest BCUT2D eigenvalue weighted by molar-refractivity contribution is -0.0140. The summed E-state index contributed by atoms with van der Waals surface area (Å²) in [6, 6.07) is 6.76. The predicted molar refractivity (Wildman–Crippen MR) is 81.7 cm³/mol. The minimum Gasteiger partial charge on any atom is -0.497 e. The van der Waals surface area contributed by atoms with Gasteiger partial charge in [-0.2, -0.15) is 0 Å². The van der Waals surface area contributed by atoms with Crippen molar-refractivity contribution in [2.45, 2.75) is 43.9 Å². The molecule has 1 fully saturated rings. The summed E-state index contributed by atoms with van der Waals surface area (Å²) in [5.41, 5.74) is 2.28. The van der Waals surface area contributed by atoms with Gasteiger partial charge in [-0.3, -0.25) is 4.90 Å². The van der Waals surface area contributed by atoms with E-state index in [1.807, 2.05) is 12.1 Å². The Hall–Kier alpha value is -1.10. The molecule has 0 aromatic heterocycles. The second-order valence-corrected chi connectivity index (χ2v) is 6.12. The van der Waals surface area contributed by atoms with Crippen molar-refractivity contribution in [2.75, 3.05) is 27.4 Å². The maximum Gasteiger partial charge on any atom is 0.119 e. The third kappa shape index (κ3) is 2.93. The van der Waals surface area contributed by atoms with E-state index >= 15 is 0 Å². The number of aliphatic hydroxyl groups is 1. The molecule has 1 aromatic rings. The third-order valence-corrected chi connectivity index (χ3v) is 5.04. The van der Waals surface area contributed by atoms with Crippen LogP contribution in [0.15, 0.2) is 18.2 Å². The van der Waals surface area contributed by atoms with E-state index in [0.29, 0.717) is 6.04 Å². The Kier molecular flexibility index (Phi) is 4.48. The molecule has 3 rings (SSSR count). The molecule has 0 spiro atoms. The predicted octanol–water partition coefficient (Wildman–Crippen LogP) is 2.15. The topological polar surface area (TPSA) is 41.9 Å². The summed E-state index contributed by atoms with van der Waals surface area (Å²) in [6.07, 6.45) is 3.72. The van der Waals surface area contributed by atoms with Crippen LogP contribution in [0.5, 0.6) is 5.75 Å². The summed E-state index contributed by atoms with van der Waals surface area (Å²) in [4.78, 5) is 2.37. The highest BCUT2D eigenvalue weighted by atomic mass is 16.5. The number of aryl methyl sites for hydroxylation is 1. The third-order valence-electron chi connectivity index (χ3n) is 5.04. The molecule has 0 radical (unpaired) electrons. The zero-order chi connectivity index (χ0) is 14.8. The van der Waals surface area contributed by atoms with E-state index < -0.39 is 6.10 Å². The summed E-state index contributed by atoms with van der Waals surface area (Å²) in [6.45, 7) is 1.67. The average Bonchev–Trinajstić information content (AvgIpc) is 2.55. The molecule has 1 N–H and O–H groups in total. The number of methoxy groups -OCH3 is 1. The van der Waals surface area contributed by atoms with E-state index in [1.54, 1.807) is 7.11 Å². The molecule has 4 heteroatoms. The molecule has 1 aromatic carbocycles. The van der Waals surface area contributed by atoms with E-state index in [1.165, 1.54) is 5.56 Å². The number of benzene rings is 1. The highest BCUT2D eigenvalue weighted by Gasteiger charge is 2.34. The standard InChI is InChI=1S/C17H25NO3/c1-18(13-7-9-21-10-8-13)16-6-4-12-3-5-14(20-2)11-15(12)17(16)19/h3,5,11,13,16-17,19H,4,6-10H2,1-2H3. The molecule has 0 bridgehead atoms. The number of likely N-dealkylation sites (N-methyl/N-ethyl adjacent to an activating group) is 1. The number of ether oxygens (including phenoxy) is 2. The number of aliphatic hydroxyl groups excluding tert-OH is 1. The molecule has 2 atom stereocenters. The Morgan fingerprint density at radius 2 is 2.00 bits per heavy atom. The van der Waals surface area contributed by atoms with Crippen LogP contribution in [0.25, 0.3) is 0 Å². The van der Waals surface area contributed by atoms with Gasteiger partial charge >= 0.3 is 0 Å². The van der Waals surface area contributed by atoms with Gasteiger partial charge in [0.25, 0.3) is 0 Å². The number of hydrogen-bond acceptors (Lipinski definition) is 4. The Bertz CT molecular complexity index is 485. The van der Waals surface area contributed by atoms with Gasteiger partial charge in [-0.15, -0.1) is 0 Å². The molecule has 1 saturated heterocycles. The molecule has 0 saturated carbocycles. The van der Waals surface area contributed by atoms with E-state index in [0.717, 1.165) is 50.2 Å². The van der Waals surface area contributed by atoms with Gasteiger partial charge in [-0.25, -0.2) is 0 Å². The zero-order valence-electron chi connectivity index (χ0n) is 12.9. The van der Waals surface area contributed by atoms with Crippen molar-refractivity contribution in [1.82, 2.24) is 4.90 Å². The molecule has 116 valence electrons. The second-order valence-electron chi connectivity index (χ2n) is 6.12. The summed E-state index contributed by atoms with van der Waals surface area (Å²) in [5.74, 6) is 0.821. The first kappa shape index (κ1) is 14.8. The highest BCUT2D eigenvalue weighted by Crippen LogP contribution is 2.36. The van der Waals surface area contributed by atoms with E-state index in [-0.39, 0.29) is 6.04 Å². The Morgan fingerprint density at radius 3 is 2.71 bits per heavy atom. The van der Waals surface area contributed by atoms with Crippen molar-refractivity contribution >= 4 is 0 Å². The van der Waals surface area contributed by atoms with Crippen LogP contribution in [-0.4, -0.2) is 49.5 Å². The van der Waals surface area contributed by atoms with Gasteiger partial charge in [0.15, 0.2) is 0 Å². The summed E-state index contributed by atoms with van der Waals surface area (Å²) < 4.78 is 10.7. The van der Waals surface area contributed by atoms with Gasteiger partial charge in [0.1, 0.15) is 5.75 Å². The first-order valence-electron chi connectivity index (χ1n) is 7.85. The van der Waals surface area contributed by atoms with E-state index in [2.05, 4.69) is 18.0 Å². The monoisotopic (exact) mass is 291 g/mol. The van der Waals surface area contributed by atoms with Crippen molar-refractivity contribution in [3.8, 4) is 5.75 Å². The maximum absolute atomic E-state index is 10.8. The molecule has 1 heterocycles. The van der Waals surface area contributed by atoms with Crippen molar-refractivity contribution in [3.63, 3.8) is 0 Å². The van der Waals surface area contributed by atoms with Crippen LogP contribution in [0, 0.1) is 0 Å². The van der Waals surface area contributed by atoms with Crippen molar-refractivity contribution in [3.05, 3.63) is 29.3 Å². The van der Waals surface area contributed by atoms with E-state index in [4.69, 9.17) is 9.47 Å². The first-order chi connectivity index (χ1) is 10.2. The van der Waals surface area contributed by atoms with Crippen LogP contribution in [0.1, 0.15) is 36.5 Å². The summed E-state index contributed by atoms with van der Waals surface area (Å²) in [5, 5.41) is 10.8. The summed E-state index contributed by atoms with van der Waals surface area (Å²) in [7, 11) is 3.82. The minimum absolute atomic E-state index is 0.188. The fraction of sp³-hybridized carbons (Fsp3) is 0.647. The van der Waals surface area contributed by atoms with Crippen LogP contribution < -0.4 is 4.74 Å². The second kappa shape index (κ2) is 6.34. The van der Waals surface area contributed by atoms with Gasteiger partial charge in [0.05, 0.1) is 13.2 Å². The van der Waals surface area contributed by atoms with Crippen molar-refractivity contribution in [1.29, 1.82) is 0 Å². The van der Waals surface area contributed by atoms with Crippen molar-refractivity contribution < 1.29 is 14.6 Å². The van der Waals surface area contributed by atoms with Crippen LogP contribution >= 0.6 is 0 Å². The van der Waals surface area contributed by atoms with Gasteiger partial charge < -0.3 is 14.6 Å². The molecule has 1 aliphatic carbocycles. The number of nitrogens with zero attached hydrogens (tertiary/aromatic N) is 1. The minimum atomic E-state index is -0.434. The first-order valence-corrected chi connectivity index (χ1v) is 7.85. The smallest absolute Gasteiger partial charge is 0.119 e. The molecule has 4 nitrogen and oxygen atoms in total. The quantitative estimate of drug-likeness (QED) is 0.926. The normalized spacial score (nSPS) is 26.7. The molecule has 21 heavy (non-hydrogen) atoms. The lowest BCUT2D eigenvalue weighted by Gasteiger charge is -2.42. The van der Waals surface area contributed by atoms with Crippen LogP contribution in [0.4, 0.5) is 0 Å².